The van der Waals surface area contributed by atoms with E-state index in [1.165, 1.54) is 18.1 Å². The summed E-state index contributed by atoms with van der Waals surface area (Å²) in [6, 6.07) is 13.7. The average Bonchev–Trinajstić information content (AvgIpc) is 2.84. The van der Waals surface area contributed by atoms with Gasteiger partial charge >= 0.3 is 5.97 Å². The van der Waals surface area contributed by atoms with Crippen molar-refractivity contribution in [2.75, 3.05) is 0 Å². The molecule has 1 unspecified atom stereocenters. The number of rotatable bonds is 4. The van der Waals surface area contributed by atoms with Crippen molar-refractivity contribution in [3.8, 4) is 11.1 Å². The first-order chi connectivity index (χ1) is 10.1. The molecule has 106 valence electrons. The quantitative estimate of drug-likeness (QED) is 0.721. The summed E-state index contributed by atoms with van der Waals surface area (Å²) in [5, 5.41) is 11.8. The number of carboxylic acids is 1. The van der Waals surface area contributed by atoms with Crippen LogP contribution < -0.4 is 5.32 Å². The molecule has 0 saturated carbocycles. The lowest BCUT2D eigenvalue weighted by Crippen LogP contribution is -2.46. The maximum absolute atomic E-state index is 11.5. The molecule has 1 atom stereocenters. The highest BCUT2D eigenvalue weighted by Gasteiger charge is 2.35. The molecule has 0 fully saturated rings. The fourth-order valence-corrected chi connectivity index (χ4v) is 2.84. The van der Waals surface area contributed by atoms with Gasteiger partial charge in [-0.25, -0.2) is 4.79 Å². The minimum absolute atomic E-state index is 0.427. The van der Waals surface area contributed by atoms with Crippen molar-refractivity contribution in [3.63, 3.8) is 0 Å². The van der Waals surface area contributed by atoms with Gasteiger partial charge < -0.3 is 10.4 Å². The van der Waals surface area contributed by atoms with Gasteiger partial charge in [0, 0.05) is 0 Å². The summed E-state index contributed by atoms with van der Waals surface area (Å²) in [5.41, 5.74) is 3.83. The smallest absolute Gasteiger partial charge is 0.333 e. The Balaban J connectivity index is 2.08. The Labute approximate surface area is 122 Å². The minimum atomic E-state index is -1.41. The zero-order valence-electron chi connectivity index (χ0n) is 11.6. The molecular formula is C17H15NO3. The number of amides is 1. The first-order valence-corrected chi connectivity index (χ1v) is 6.72. The molecule has 0 saturated heterocycles. The zero-order valence-corrected chi connectivity index (χ0v) is 11.6. The monoisotopic (exact) mass is 281 g/mol. The number of carbonyl (C=O) groups is 2. The van der Waals surface area contributed by atoms with Crippen LogP contribution in [-0.2, 0) is 21.5 Å². The van der Waals surface area contributed by atoms with Crippen LogP contribution in [0.3, 0.4) is 0 Å². The molecule has 4 heteroatoms. The van der Waals surface area contributed by atoms with Crippen molar-refractivity contribution in [2.24, 2.45) is 0 Å². The van der Waals surface area contributed by atoms with E-state index in [9.17, 15) is 14.7 Å². The van der Waals surface area contributed by atoms with Gasteiger partial charge in [0.1, 0.15) is 0 Å². The highest BCUT2D eigenvalue weighted by molar-refractivity contribution is 5.84. The molecule has 4 nitrogen and oxygen atoms in total. The molecule has 0 aliphatic heterocycles. The fourth-order valence-electron chi connectivity index (χ4n) is 2.84. The van der Waals surface area contributed by atoms with Gasteiger partial charge in [-0.15, -0.1) is 0 Å². The summed E-state index contributed by atoms with van der Waals surface area (Å²) >= 11 is 0. The molecule has 0 aromatic heterocycles. The molecule has 1 amide bonds. The van der Waals surface area contributed by atoms with Crippen LogP contribution in [0.5, 0.6) is 0 Å². The van der Waals surface area contributed by atoms with E-state index in [0.717, 1.165) is 17.5 Å². The summed E-state index contributed by atoms with van der Waals surface area (Å²) in [7, 11) is 0. The number of carboxylic acid groups (broad SMARTS) is 1. The van der Waals surface area contributed by atoms with Gasteiger partial charge in [0.2, 0.25) is 6.41 Å². The average molecular weight is 281 g/mol. The number of benzene rings is 2. The van der Waals surface area contributed by atoms with Crippen LogP contribution in [-0.4, -0.2) is 17.5 Å². The molecule has 0 bridgehead atoms. The highest BCUT2D eigenvalue weighted by atomic mass is 16.4. The van der Waals surface area contributed by atoms with Crippen LogP contribution >= 0.6 is 0 Å². The number of hydrogen-bond donors (Lipinski definition) is 2. The van der Waals surface area contributed by atoms with E-state index in [4.69, 9.17) is 0 Å². The number of hydrogen-bond acceptors (Lipinski definition) is 2. The third kappa shape index (κ3) is 2.00. The molecule has 3 rings (SSSR count). The Morgan fingerprint density at radius 2 is 1.90 bits per heavy atom. The third-order valence-corrected chi connectivity index (χ3v) is 4.15. The Bertz CT molecular complexity index is 739. The van der Waals surface area contributed by atoms with E-state index in [2.05, 4.69) is 17.4 Å². The molecule has 21 heavy (non-hydrogen) atoms. The molecule has 0 radical (unpaired) electrons. The van der Waals surface area contributed by atoms with E-state index < -0.39 is 11.5 Å². The summed E-state index contributed by atoms with van der Waals surface area (Å²) in [4.78, 5) is 22.2. The van der Waals surface area contributed by atoms with E-state index in [0.29, 0.717) is 12.0 Å². The predicted octanol–water partition coefficient (Wildman–Crippen LogP) is 2.30. The largest absolute Gasteiger partial charge is 0.479 e. The molecule has 0 heterocycles. The molecule has 1 aliphatic rings. The van der Waals surface area contributed by atoms with Gasteiger partial charge in [-0.2, -0.15) is 0 Å². The van der Waals surface area contributed by atoms with Crippen LogP contribution in [0.1, 0.15) is 23.6 Å². The number of carbonyl (C=O) groups excluding carboxylic acids is 1. The van der Waals surface area contributed by atoms with Crippen molar-refractivity contribution >= 4 is 12.4 Å². The van der Waals surface area contributed by atoms with Gasteiger partial charge in [-0.1, -0.05) is 42.5 Å². The van der Waals surface area contributed by atoms with Crippen LogP contribution in [0.15, 0.2) is 42.5 Å². The molecule has 2 aromatic carbocycles. The zero-order chi connectivity index (χ0) is 15.0. The van der Waals surface area contributed by atoms with Gasteiger partial charge in [-0.05, 0) is 41.2 Å². The van der Waals surface area contributed by atoms with E-state index >= 15 is 0 Å². The molecule has 1 aliphatic carbocycles. The minimum Gasteiger partial charge on any atom is -0.479 e. The van der Waals surface area contributed by atoms with Gasteiger partial charge in [0.25, 0.3) is 0 Å². The van der Waals surface area contributed by atoms with Crippen LogP contribution in [0.25, 0.3) is 11.1 Å². The van der Waals surface area contributed by atoms with Crippen molar-refractivity contribution in [3.05, 3.63) is 59.2 Å². The van der Waals surface area contributed by atoms with E-state index in [1.807, 2.05) is 24.3 Å². The Hall–Kier alpha value is -2.62. The summed E-state index contributed by atoms with van der Waals surface area (Å²) in [6.07, 6.45) is 1.21. The highest BCUT2D eigenvalue weighted by Crippen LogP contribution is 2.38. The van der Waals surface area contributed by atoms with E-state index in [-0.39, 0.29) is 0 Å². The van der Waals surface area contributed by atoms with Gasteiger partial charge in [0.15, 0.2) is 5.54 Å². The second kappa shape index (κ2) is 4.74. The summed E-state index contributed by atoms with van der Waals surface area (Å²) in [5.74, 6) is -1.08. The van der Waals surface area contributed by atoms with E-state index in [1.54, 1.807) is 6.07 Å². The van der Waals surface area contributed by atoms with Gasteiger partial charge in [0.05, 0.1) is 0 Å². The normalized spacial score (nSPS) is 14.7. The summed E-state index contributed by atoms with van der Waals surface area (Å²) in [6.45, 7) is 1.49. The number of fused-ring (bicyclic) bond motifs is 3. The maximum atomic E-state index is 11.5. The Kier molecular flexibility index (Phi) is 3.01. The SMILES string of the molecule is CC(NC=O)(C(=O)O)c1ccc2c(c1)Cc1ccccc1-2. The lowest BCUT2D eigenvalue weighted by Gasteiger charge is -2.25. The number of aliphatic carboxylic acids is 1. The van der Waals surface area contributed by atoms with Crippen molar-refractivity contribution in [2.45, 2.75) is 18.9 Å². The molecule has 2 aromatic rings. The lowest BCUT2D eigenvalue weighted by atomic mass is 9.89. The second-order valence-corrected chi connectivity index (χ2v) is 5.40. The van der Waals surface area contributed by atoms with Crippen molar-refractivity contribution in [1.82, 2.24) is 5.32 Å². The van der Waals surface area contributed by atoms with Crippen molar-refractivity contribution < 1.29 is 14.7 Å². The number of nitrogens with one attached hydrogen (secondary N) is 1. The second-order valence-electron chi connectivity index (χ2n) is 5.40. The van der Waals surface area contributed by atoms with Crippen LogP contribution in [0, 0.1) is 0 Å². The molecule has 0 spiro atoms. The third-order valence-electron chi connectivity index (χ3n) is 4.15. The Morgan fingerprint density at radius 3 is 2.62 bits per heavy atom. The lowest BCUT2D eigenvalue weighted by molar-refractivity contribution is -0.145. The van der Waals surface area contributed by atoms with Gasteiger partial charge in [-0.3, -0.25) is 4.79 Å². The van der Waals surface area contributed by atoms with Crippen LogP contribution in [0.4, 0.5) is 0 Å². The van der Waals surface area contributed by atoms with Crippen LogP contribution in [0.2, 0.25) is 0 Å². The Morgan fingerprint density at radius 1 is 1.19 bits per heavy atom. The fraction of sp³-hybridized carbons (Fsp3) is 0.176. The van der Waals surface area contributed by atoms with Crippen molar-refractivity contribution in [1.29, 1.82) is 0 Å². The topological polar surface area (TPSA) is 66.4 Å². The first-order valence-electron chi connectivity index (χ1n) is 6.72. The molecular weight excluding hydrogens is 266 g/mol. The summed E-state index contributed by atoms with van der Waals surface area (Å²) < 4.78 is 0. The maximum Gasteiger partial charge on any atom is 0.333 e. The standard InChI is InChI=1S/C17H15NO3/c1-17(16(20)21,18-10-19)13-6-7-15-12(9-13)8-11-4-2-3-5-14(11)15/h2-7,9-10H,8H2,1H3,(H,18,19)(H,20,21). The predicted molar refractivity (Wildman–Crippen MR) is 78.9 cm³/mol. The first kappa shape index (κ1) is 13.4. The molecule has 2 N–H and O–H groups in total.